The van der Waals surface area contributed by atoms with Crippen LogP contribution in [0.3, 0.4) is 0 Å². The largest absolute Gasteiger partial charge is 0.303 e. The molecule has 0 aromatic heterocycles. The third-order valence-corrected chi connectivity index (χ3v) is 2.23. The summed E-state index contributed by atoms with van der Waals surface area (Å²) in [6, 6.07) is 9.91. The number of rotatable bonds is 2. The molecule has 0 radical (unpaired) electrons. The summed E-state index contributed by atoms with van der Waals surface area (Å²) in [5.74, 6) is -0.00583. The molecule has 1 nitrogen and oxygen atoms in total. The smallest absolute Gasteiger partial charge is 0.127 e. The van der Waals surface area contributed by atoms with Crippen molar-refractivity contribution in [2.75, 3.05) is 0 Å². The number of aldehydes is 1. The van der Waals surface area contributed by atoms with Gasteiger partial charge < -0.3 is 4.79 Å². The highest BCUT2D eigenvalue weighted by molar-refractivity contribution is 5.63. The second-order valence-electron chi connectivity index (χ2n) is 4.39. The summed E-state index contributed by atoms with van der Waals surface area (Å²) in [5.41, 5.74) is 1.10. The molecule has 1 aromatic carbocycles. The summed E-state index contributed by atoms with van der Waals surface area (Å²) in [4.78, 5) is 11.0. The normalized spacial score (nSPS) is 13.8. The minimum atomic E-state index is -0.00583. The molecule has 0 aliphatic carbocycles. The summed E-state index contributed by atoms with van der Waals surface area (Å²) < 4.78 is 0. The Kier molecular flexibility index (Phi) is 2.86. The van der Waals surface area contributed by atoms with Crippen LogP contribution in [0.2, 0.25) is 0 Å². The quantitative estimate of drug-likeness (QED) is 0.633. The standard InChI is InChI=1S/C12H16O/c1-12(2,3)11(9-13)10-7-5-4-6-8-10/h4-9,11H,1-3H3/t11-/m1/s1. The van der Waals surface area contributed by atoms with E-state index in [1.807, 2.05) is 30.3 Å². The first-order valence-corrected chi connectivity index (χ1v) is 4.56. The Morgan fingerprint density at radius 1 is 1.15 bits per heavy atom. The third kappa shape index (κ3) is 2.41. The van der Waals surface area contributed by atoms with Gasteiger partial charge in [-0.05, 0) is 11.0 Å². The summed E-state index contributed by atoms with van der Waals surface area (Å²) in [7, 11) is 0. The second-order valence-corrected chi connectivity index (χ2v) is 4.39. The highest BCUT2D eigenvalue weighted by atomic mass is 16.1. The van der Waals surface area contributed by atoms with Crippen molar-refractivity contribution in [1.82, 2.24) is 0 Å². The van der Waals surface area contributed by atoms with Crippen molar-refractivity contribution in [3.05, 3.63) is 35.9 Å². The Bertz CT molecular complexity index is 269. The first-order chi connectivity index (χ1) is 6.05. The Balaban J connectivity index is 2.99. The lowest BCUT2D eigenvalue weighted by Crippen LogP contribution is -2.19. The third-order valence-electron chi connectivity index (χ3n) is 2.23. The molecule has 0 heterocycles. The minimum Gasteiger partial charge on any atom is -0.303 e. The van der Waals surface area contributed by atoms with E-state index in [1.54, 1.807) is 0 Å². The number of carbonyl (C=O) groups is 1. The van der Waals surface area contributed by atoms with Crippen molar-refractivity contribution >= 4 is 6.29 Å². The van der Waals surface area contributed by atoms with E-state index in [4.69, 9.17) is 0 Å². The predicted molar refractivity (Wildman–Crippen MR) is 54.7 cm³/mol. The monoisotopic (exact) mass is 176 g/mol. The van der Waals surface area contributed by atoms with Crippen LogP contribution in [0, 0.1) is 5.41 Å². The molecule has 0 amide bonds. The van der Waals surface area contributed by atoms with Gasteiger partial charge in [0, 0.05) is 5.92 Å². The Morgan fingerprint density at radius 3 is 2.08 bits per heavy atom. The Hall–Kier alpha value is -1.11. The lowest BCUT2D eigenvalue weighted by Gasteiger charge is -2.26. The van der Waals surface area contributed by atoms with E-state index in [0.717, 1.165) is 11.8 Å². The van der Waals surface area contributed by atoms with Crippen LogP contribution in [0.5, 0.6) is 0 Å². The fraction of sp³-hybridized carbons (Fsp3) is 0.417. The lowest BCUT2D eigenvalue weighted by molar-refractivity contribution is -0.111. The molecule has 1 aromatic rings. The summed E-state index contributed by atoms with van der Waals surface area (Å²) in [6.07, 6.45) is 1.04. The average Bonchev–Trinajstić information content (AvgIpc) is 2.05. The molecule has 0 spiro atoms. The van der Waals surface area contributed by atoms with Gasteiger partial charge in [-0.15, -0.1) is 0 Å². The van der Waals surface area contributed by atoms with Crippen molar-refractivity contribution < 1.29 is 4.79 Å². The molecule has 0 saturated heterocycles. The van der Waals surface area contributed by atoms with Gasteiger partial charge in [0.05, 0.1) is 0 Å². The van der Waals surface area contributed by atoms with E-state index in [9.17, 15) is 4.79 Å². The van der Waals surface area contributed by atoms with E-state index >= 15 is 0 Å². The van der Waals surface area contributed by atoms with Crippen LogP contribution in [-0.4, -0.2) is 6.29 Å². The maximum Gasteiger partial charge on any atom is 0.127 e. The Morgan fingerprint density at radius 2 is 1.69 bits per heavy atom. The summed E-state index contributed by atoms with van der Waals surface area (Å²) >= 11 is 0. The van der Waals surface area contributed by atoms with Crippen molar-refractivity contribution in [2.45, 2.75) is 26.7 Å². The van der Waals surface area contributed by atoms with Crippen LogP contribution >= 0.6 is 0 Å². The van der Waals surface area contributed by atoms with Crippen molar-refractivity contribution in [2.24, 2.45) is 5.41 Å². The van der Waals surface area contributed by atoms with Crippen LogP contribution in [0.1, 0.15) is 32.3 Å². The molecule has 1 heteroatoms. The number of hydrogen-bond donors (Lipinski definition) is 0. The number of hydrogen-bond acceptors (Lipinski definition) is 1. The van der Waals surface area contributed by atoms with E-state index in [-0.39, 0.29) is 11.3 Å². The zero-order valence-corrected chi connectivity index (χ0v) is 8.45. The minimum absolute atomic E-state index is 0.00308. The maximum absolute atomic E-state index is 11.0. The van der Waals surface area contributed by atoms with Gasteiger partial charge in [0.1, 0.15) is 6.29 Å². The molecule has 0 saturated carbocycles. The molecule has 0 aliphatic heterocycles. The predicted octanol–water partition coefficient (Wildman–Crippen LogP) is 3.02. The van der Waals surface area contributed by atoms with Gasteiger partial charge in [-0.2, -0.15) is 0 Å². The van der Waals surface area contributed by atoms with E-state index < -0.39 is 0 Å². The fourth-order valence-corrected chi connectivity index (χ4v) is 1.44. The number of benzene rings is 1. The van der Waals surface area contributed by atoms with Crippen LogP contribution in [0.15, 0.2) is 30.3 Å². The SMILES string of the molecule is CC(C)(C)[C@H](C=O)c1ccccc1. The van der Waals surface area contributed by atoms with E-state index in [1.165, 1.54) is 0 Å². The number of carbonyl (C=O) groups excluding carboxylic acids is 1. The fourth-order valence-electron chi connectivity index (χ4n) is 1.44. The van der Waals surface area contributed by atoms with Crippen LogP contribution in [-0.2, 0) is 4.79 Å². The lowest BCUT2D eigenvalue weighted by atomic mass is 9.77. The highest BCUT2D eigenvalue weighted by Crippen LogP contribution is 2.32. The van der Waals surface area contributed by atoms with Crippen molar-refractivity contribution in [3.63, 3.8) is 0 Å². The molecule has 0 bridgehead atoms. The molecule has 0 aliphatic rings. The van der Waals surface area contributed by atoms with Gasteiger partial charge in [0.25, 0.3) is 0 Å². The topological polar surface area (TPSA) is 17.1 Å². The second kappa shape index (κ2) is 3.73. The molecule has 1 atom stereocenters. The summed E-state index contributed by atoms with van der Waals surface area (Å²) in [5, 5.41) is 0. The molecule has 70 valence electrons. The van der Waals surface area contributed by atoms with Gasteiger partial charge >= 0.3 is 0 Å². The first-order valence-electron chi connectivity index (χ1n) is 4.56. The van der Waals surface area contributed by atoms with Crippen LogP contribution < -0.4 is 0 Å². The van der Waals surface area contributed by atoms with Crippen molar-refractivity contribution in [3.8, 4) is 0 Å². The molecular weight excluding hydrogens is 160 g/mol. The van der Waals surface area contributed by atoms with E-state index in [0.29, 0.717) is 0 Å². The van der Waals surface area contributed by atoms with Gasteiger partial charge in [-0.25, -0.2) is 0 Å². The molecule has 0 fully saturated rings. The molecule has 1 rings (SSSR count). The van der Waals surface area contributed by atoms with Gasteiger partial charge in [0.15, 0.2) is 0 Å². The maximum atomic E-state index is 11.0. The summed E-state index contributed by atoms with van der Waals surface area (Å²) in [6.45, 7) is 6.25. The molecule has 0 unspecified atom stereocenters. The molecular formula is C12H16O. The van der Waals surface area contributed by atoms with Crippen LogP contribution in [0.4, 0.5) is 0 Å². The zero-order chi connectivity index (χ0) is 9.90. The first kappa shape index (κ1) is 9.97. The Labute approximate surface area is 79.8 Å². The van der Waals surface area contributed by atoms with E-state index in [2.05, 4.69) is 20.8 Å². The average molecular weight is 176 g/mol. The van der Waals surface area contributed by atoms with Gasteiger partial charge in [-0.3, -0.25) is 0 Å². The zero-order valence-electron chi connectivity index (χ0n) is 8.45. The van der Waals surface area contributed by atoms with Crippen molar-refractivity contribution in [1.29, 1.82) is 0 Å². The van der Waals surface area contributed by atoms with Gasteiger partial charge in [-0.1, -0.05) is 51.1 Å². The van der Waals surface area contributed by atoms with Crippen LogP contribution in [0.25, 0.3) is 0 Å². The molecule has 13 heavy (non-hydrogen) atoms. The highest BCUT2D eigenvalue weighted by Gasteiger charge is 2.25. The van der Waals surface area contributed by atoms with Gasteiger partial charge in [0.2, 0.25) is 0 Å². The molecule has 0 N–H and O–H groups in total.